The smallest absolute Gasteiger partial charge is 0.271 e. The van der Waals surface area contributed by atoms with Crippen LogP contribution in [0.3, 0.4) is 0 Å². The van der Waals surface area contributed by atoms with Gasteiger partial charge in [-0.1, -0.05) is 11.6 Å². The lowest BCUT2D eigenvalue weighted by molar-refractivity contribution is -0.384. The molecule has 0 aliphatic rings. The average molecular weight is 419 g/mol. The van der Waals surface area contributed by atoms with E-state index in [-0.39, 0.29) is 17.1 Å². The van der Waals surface area contributed by atoms with Crippen molar-refractivity contribution in [3.8, 4) is 5.75 Å². The van der Waals surface area contributed by atoms with E-state index in [2.05, 4.69) is 5.32 Å². The molecule has 0 heterocycles. The Labute approximate surface area is 138 Å². The van der Waals surface area contributed by atoms with E-state index in [0.717, 1.165) is 18.2 Å². The Kier molecular flexibility index (Phi) is 4.63. The number of nitro groups is 1. The van der Waals surface area contributed by atoms with Crippen LogP contribution in [0.1, 0.15) is 10.4 Å². The molecule has 0 spiro atoms. The summed E-state index contributed by atoms with van der Waals surface area (Å²) >= 11 is 7.81. The van der Waals surface area contributed by atoms with Crippen LogP contribution in [0.2, 0.25) is 5.02 Å². The summed E-state index contributed by atoms with van der Waals surface area (Å²) in [5.74, 6) is -0.774. The molecule has 0 unspecified atom stereocenters. The molecule has 0 fully saturated rings. The van der Waals surface area contributed by atoms with Crippen LogP contribution in [0, 0.1) is 13.7 Å². The molecule has 1 amide bonds. The molecule has 0 atom stereocenters. The molecule has 0 aromatic heterocycles. The van der Waals surface area contributed by atoms with Crippen molar-refractivity contribution in [3.63, 3.8) is 0 Å². The van der Waals surface area contributed by atoms with E-state index in [1.807, 2.05) is 22.6 Å². The maximum Gasteiger partial charge on any atom is 0.271 e. The Morgan fingerprint density at radius 1 is 1.29 bits per heavy atom. The van der Waals surface area contributed by atoms with Gasteiger partial charge in [0.05, 0.1) is 16.2 Å². The number of nitrogens with one attached hydrogen (secondary N) is 1. The molecule has 0 bridgehead atoms. The third-order valence-electron chi connectivity index (χ3n) is 2.61. The molecule has 0 saturated carbocycles. The first-order valence-electron chi connectivity index (χ1n) is 5.62. The zero-order valence-corrected chi connectivity index (χ0v) is 13.3. The summed E-state index contributed by atoms with van der Waals surface area (Å²) in [6, 6.07) is 8.18. The van der Waals surface area contributed by atoms with Gasteiger partial charge >= 0.3 is 0 Å². The lowest BCUT2D eigenvalue weighted by Gasteiger charge is -2.09. The van der Waals surface area contributed by atoms with E-state index in [0.29, 0.717) is 14.2 Å². The summed E-state index contributed by atoms with van der Waals surface area (Å²) in [5.41, 5.74) is 0.0443. The van der Waals surface area contributed by atoms with Crippen molar-refractivity contribution in [2.24, 2.45) is 0 Å². The van der Waals surface area contributed by atoms with Gasteiger partial charge in [0.1, 0.15) is 5.75 Å². The third kappa shape index (κ3) is 3.61. The van der Waals surface area contributed by atoms with Gasteiger partial charge in [0.25, 0.3) is 11.6 Å². The maximum atomic E-state index is 12.2. The summed E-state index contributed by atoms with van der Waals surface area (Å²) in [6.45, 7) is 0. The summed E-state index contributed by atoms with van der Waals surface area (Å²) in [4.78, 5) is 22.3. The first-order valence-corrected chi connectivity index (χ1v) is 7.08. The Hall–Kier alpha value is -1.87. The first-order chi connectivity index (χ1) is 9.88. The fourth-order valence-electron chi connectivity index (χ4n) is 1.60. The molecule has 8 heteroatoms. The van der Waals surface area contributed by atoms with Crippen molar-refractivity contribution in [1.82, 2.24) is 0 Å². The summed E-state index contributed by atoms with van der Waals surface area (Å²) in [5, 5.41) is 23.2. The summed E-state index contributed by atoms with van der Waals surface area (Å²) < 4.78 is 0.666. The van der Waals surface area contributed by atoms with Crippen molar-refractivity contribution < 1.29 is 14.8 Å². The van der Waals surface area contributed by atoms with Crippen molar-refractivity contribution in [1.29, 1.82) is 0 Å². The highest BCUT2D eigenvalue weighted by atomic mass is 127. The van der Waals surface area contributed by atoms with Gasteiger partial charge in [-0.2, -0.15) is 0 Å². The number of nitrogens with zero attached hydrogens (tertiary/aromatic N) is 1. The highest BCUT2D eigenvalue weighted by molar-refractivity contribution is 14.1. The van der Waals surface area contributed by atoms with Gasteiger partial charge in [0.15, 0.2) is 0 Å². The van der Waals surface area contributed by atoms with E-state index in [1.54, 1.807) is 12.1 Å². The SMILES string of the molecule is O=C(Nc1cc([N+](=O)[O-])ccc1O)c1cc(Cl)ccc1I. The molecule has 0 aliphatic heterocycles. The molecule has 2 aromatic rings. The largest absolute Gasteiger partial charge is 0.506 e. The minimum Gasteiger partial charge on any atom is -0.506 e. The molecule has 108 valence electrons. The molecule has 0 radical (unpaired) electrons. The second kappa shape index (κ2) is 6.27. The molecule has 2 aromatic carbocycles. The number of anilines is 1. The number of amides is 1. The lowest BCUT2D eigenvalue weighted by atomic mass is 10.2. The topological polar surface area (TPSA) is 92.5 Å². The quantitative estimate of drug-likeness (QED) is 0.343. The van der Waals surface area contributed by atoms with E-state index in [1.165, 1.54) is 6.07 Å². The number of carbonyl (C=O) groups excluding carboxylic acids is 1. The Morgan fingerprint density at radius 3 is 2.67 bits per heavy atom. The van der Waals surface area contributed by atoms with Gasteiger partial charge in [-0.25, -0.2) is 0 Å². The van der Waals surface area contributed by atoms with Gasteiger partial charge in [-0.15, -0.1) is 0 Å². The van der Waals surface area contributed by atoms with Gasteiger partial charge in [0, 0.05) is 20.7 Å². The monoisotopic (exact) mass is 418 g/mol. The zero-order valence-electron chi connectivity index (χ0n) is 10.3. The highest BCUT2D eigenvalue weighted by Crippen LogP contribution is 2.29. The van der Waals surface area contributed by atoms with Crippen molar-refractivity contribution >= 4 is 51.5 Å². The molecular weight excluding hydrogens is 411 g/mol. The fourth-order valence-corrected chi connectivity index (χ4v) is 2.35. The number of non-ortho nitro benzene ring substituents is 1. The molecule has 2 N–H and O–H groups in total. The van der Waals surface area contributed by atoms with E-state index in [9.17, 15) is 20.0 Å². The molecule has 6 nitrogen and oxygen atoms in total. The number of phenolic OH excluding ortho intramolecular Hbond substituents is 1. The summed E-state index contributed by atoms with van der Waals surface area (Å²) in [7, 11) is 0. The third-order valence-corrected chi connectivity index (χ3v) is 3.79. The number of carbonyl (C=O) groups is 1. The van der Waals surface area contributed by atoms with Crippen LogP contribution in [0.15, 0.2) is 36.4 Å². The van der Waals surface area contributed by atoms with Crippen LogP contribution >= 0.6 is 34.2 Å². The first kappa shape index (κ1) is 15.5. The molecule has 0 aliphatic carbocycles. The van der Waals surface area contributed by atoms with E-state index >= 15 is 0 Å². The fraction of sp³-hybridized carbons (Fsp3) is 0. The average Bonchev–Trinajstić information content (AvgIpc) is 2.43. The zero-order chi connectivity index (χ0) is 15.6. The van der Waals surface area contributed by atoms with E-state index < -0.39 is 10.8 Å². The van der Waals surface area contributed by atoms with Crippen LogP contribution in [-0.4, -0.2) is 15.9 Å². The van der Waals surface area contributed by atoms with Gasteiger partial charge in [0.2, 0.25) is 0 Å². The molecule has 0 saturated heterocycles. The minimum absolute atomic E-state index is 0.0371. The van der Waals surface area contributed by atoms with Crippen LogP contribution in [0.25, 0.3) is 0 Å². The predicted octanol–water partition coefficient (Wildman–Crippen LogP) is 3.81. The second-order valence-corrected chi connectivity index (χ2v) is 5.64. The van der Waals surface area contributed by atoms with Crippen LogP contribution in [0.4, 0.5) is 11.4 Å². The van der Waals surface area contributed by atoms with Crippen LogP contribution in [0.5, 0.6) is 5.75 Å². The Morgan fingerprint density at radius 2 is 2.00 bits per heavy atom. The lowest BCUT2D eigenvalue weighted by Crippen LogP contribution is -2.13. The Balaban J connectivity index is 2.33. The highest BCUT2D eigenvalue weighted by Gasteiger charge is 2.15. The molecule has 21 heavy (non-hydrogen) atoms. The number of aromatic hydroxyl groups is 1. The predicted molar refractivity (Wildman–Crippen MR) is 86.9 cm³/mol. The summed E-state index contributed by atoms with van der Waals surface area (Å²) in [6.07, 6.45) is 0. The van der Waals surface area contributed by atoms with Gasteiger partial charge < -0.3 is 10.4 Å². The van der Waals surface area contributed by atoms with Crippen molar-refractivity contribution in [2.45, 2.75) is 0 Å². The van der Waals surface area contributed by atoms with E-state index in [4.69, 9.17) is 11.6 Å². The van der Waals surface area contributed by atoms with Crippen molar-refractivity contribution in [2.75, 3.05) is 5.32 Å². The van der Waals surface area contributed by atoms with Crippen molar-refractivity contribution in [3.05, 3.63) is 60.7 Å². The van der Waals surface area contributed by atoms with Crippen LogP contribution in [-0.2, 0) is 0 Å². The molecular formula is C13H8ClIN2O4. The van der Waals surface area contributed by atoms with Crippen LogP contribution < -0.4 is 5.32 Å². The minimum atomic E-state index is -0.613. The number of halogens is 2. The maximum absolute atomic E-state index is 12.2. The number of benzene rings is 2. The number of hydrogen-bond acceptors (Lipinski definition) is 4. The standard InChI is InChI=1S/C13H8ClIN2O4/c14-7-1-3-10(15)9(5-7)13(19)16-11-6-8(17(20)21)2-4-12(11)18/h1-6,18H,(H,16,19). The van der Waals surface area contributed by atoms with Gasteiger partial charge in [-0.3, -0.25) is 14.9 Å². The normalized spacial score (nSPS) is 10.2. The molecule has 2 rings (SSSR count). The number of phenols is 1. The van der Waals surface area contributed by atoms with Gasteiger partial charge in [-0.05, 0) is 46.9 Å². The number of nitro benzene ring substituents is 1. The number of rotatable bonds is 3. The number of hydrogen-bond donors (Lipinski definition) is 2. The Bertz CT molecular complexity index is 736. The second-order valence-electron chi connectivity index (χ2n) is 4.04.